The molecule has 0 N–H and O–H groups in total. The Hall–Kier alpha value is -0.410. The molecule has 3 heteroatoms. The minimum absolute atomic E-state index is 0.0786. The maximum atomic E-state index is 11.9. The maximum Gasteiger partial charge on any atom is 0.144 e. The first-order valence-corrected chi connectivity index (χ1v) is 7.44. The van der Waals surface area contributed by atoms with Crippen LogP contribution in [0.3, 0.4) is 0 Å². The van der Waals surface area contributed by atoms with Crippen LogP contribution in [0, 0.1) is 5.41 Å². The summed E-state index contributed by atoms with van der Waals surface area (Å²) in [6.07, 6.45) is 8.20. The molecule has 1 saturated heterocycles. The van der Waals surface area contributed by atoms with Crippen molar-refractivity contribution in [1.29, 1.82) is 0 Å². The van der Waals surface area contributed by atoms with Gasteiger partial charge in [-0.05, 0) is 39.5 Å². The fourth-order valence-electron chi connectivity index (χ4n) is 4.09. The standard InChI is InChI=1S/C15H24O3/c1-10-7-12(8-11(2)17-10)18-14-9-13(16)15(14)5-3-4-6-15/h10-12,14H,3-9H2,1-2H3. The van der Waals surface area contributed by atoms with Gasteiger partial charge in [0.05, 0.1) is 29.8 Å². The normalized spacial score (nSPS) is 43.1. The molecule has 3 unspecified atom stereocenters. The highest BCUT2D eigenvalue weighted by Gasteiger charge is 2.57. The molecular weight excluding hydrogens is 228 g/mol. The Morgan fingerprint density at radius 1 is 1.17 bits per heavy atom. The third kappa shape index (κ3) is 2.01. The summed E-state index contributed by atoms with van der Waals surface area (Å²) in [6, 6.07) is 0. The molecule has 3 atom stereocenters. The van der Waals surface area contributed by atoms with Crippen LogP contribution in [0.2, 0.25) is 0 Å². The second kappa shape index (κ2) is 4.61. The number of rotatable bonds is 2. The number of ketones is 1. The molecule has 3 aliphatic rings. The number of hydrogen-bond donors (Lipinski definition) is 0. The van der Waals surface area contributed by atoms with Gasteiger partial charge in [0, 0.05) is 6.42 Å². The molecule has 0 aromatic rings. The Balaban J connectivity index is 1.61. The van der Waals surface area contributed by atoms with Gasteiger partial charge in [-0.15, -0.1) is 0 Å². The van der Waals surface area contributed by atoms with Crippen molar-refractivity contribution < 1.29 is 14.3 Å². The summed E-state index contributed by atoms with van der Waals surface area (Å²) in [4.78, 5) is 11.9. The Morgan fingerprint density at radius 3 is 2.33 bits per heavy atom. The molecule has 1 heterocycles. The summed E-state index contributed by atoms with van der Waals surface area (Å²) in [5.41, 5.74) is -0.0786. The lowest BCUT2D eigenvalue weighted by atomic mass is 9.63. The van der Waals surface area contributed by atoms with Crippen LogP contribution >= 0.6 is 0 Å². The van der Waals surface area contributed by atoms with Gasteiger partial charge < -0.3 is 9.47 Å². The number of Topliss-reactive ketones (excluding diaryl/α,β-unsaturated/α-hetero) is 1. The SMILES string of the molecule is CC1CC(OC2CC(=O)C23CCCC3)CC(C)O1. The van der Waals surface area contributed by atoms with Gasteiger partial charge in [-0.2, -0.15) is 0 Å². The topological polar surface area (TPSA) is 35.5 Å². The summed E-state index contributed by atoms with van der Waals surface area (Å²) in [7, 11) is 0. The van der Waals surface area contributed by atoms with Crippen LogP contribution in [0.15, 0.2) is 0 Å². The molecule has 2 aliphatic carbocycles. The van der Waals surface area contributed by atoms with Gasteiger partial charge in [-0.25, -0.2) is 0 Å². The highest BCUT2D eigenvalue weighted by Crippen LogP contribution is 2.52. The largest absolute Gasteiger partial charge is 0.375 e. The smallest absolute Gasteiger partial charge is 0.144 e. The molecule has 0 aromatic carbocycles. The molecule has 3 fully saturated rings. The third-order valence-corrected chi connectivity index (χ3v) is 5.05. The Labute approximate surface area is 109 Å². The first-order valence-electron chi connectivity index (χ1n) is 7.44. The average Bonchev–Trinajstić information content (AvgIpc) is 2.79. The van der Waals surface area contributed by atoms with Crippen LogP contribution in [0.4, 0.5) is 0 Å². The van der Waals surface area contributed by atoms with Crippen molar-refractivity contribution in [3.8, 4) is 0 Å². The molecule has 1 spiro atoms. The summed E-state index contributed by atoms with van der Waals surface area (Å²) in [5.74, 6) is 0.457. The van der Waals surface area contributed by atoms with E-state index in [2.05, 4.69) is 13.8 Å². The number of ether oxygens (including phenoxy) is 2. The maximum absolute atomic E-state index is 11.9. The molecule has 18 heavy (non-hydrogen) atoms. The molecule has 0 radical (unpaired) electrons. The van der Waals surface area contributed by atoms with Crippen LogP contribution in [0.5, 0.6) is 0 Å². The highest BCUT2D eigenvalue weighted by atomic mass is 16.5. The predicted octanol–water partition coefficient (Wildman–Crippen LogP) is 2.86. The second-order valence-electron chi connectivity index (χ2n) is 6.47. The van der Waals surface area contributed by atoms with Gasteiger partial charge in [-0.3, -0.25) is 4.79 Å². The Bertz CT molecular complexity index is 323. The quantitative estimate of drug-likeness (QED) is 0.758. The summed E-state index contributed by atoms with van der Waals surface area (Å²) in [6.45, 7) is 4.23. The van der Waals surface area contributed by atoms with E-state index >= 15 is 0 Å². The van der Waals surface area contributed by atoms with Crippen LogP contribution in [-0.2, 0) is 14.3 Å². The summed E-state index contributed by atoms with van der Waals surface area (Å²) < 4.78 is 12.0. The minimum Gasteiger partial charge on any atom is -0.375 e. The monoisotopic (exact) mass is 252 g/mol. The van der Waals surface area contributed by atoms with E-state index < -0.39 is 0 Å². The minimum atomic E-state index is -0.0786. The van der Waals surface area contributed by atoms with Crippen molar-refractivity contribution >= 4 is 5.78 Å². The highest BCUT2D eigenvalue weighted by molar-refractivity contribution is 5.92. The van der Waals surface area contributed by atoms with E-state index in [9.17, 15) is 4.79 Å². The van der Waals surface area contributed by atoms with E-state index in [-0.39, 0.29) is 23.7 Å². The lowest BCUT2D eigenvalue weighted by Crippen LogP contribution is -2.55. The van der Waals surface area contributed by atoms with Crippen molar-refractivity contribution in [3.63, 3.8) is 0 Å². The van der Waals surface area contributed by atoms with Crippen molar-refractivity contribution in [2.45, 2.75) is 83.2 Å². The second-order valence-corrected chi connectivity index (χ2v) is 6.47. The first kappa shape index (κ1) is 12.6. The summed E-state index contributed by atoms with van der Waals surface area (Å²) in [5, 5.41) is 0. The van der Waals surface area contributed by atoms with E-state index in [0.29, 0.717) is 18.3 Å². The third-order valence-electron chi connectivity index (χ3n) is 5.05. The van der Waals surface area contributed by atoms with Gasteiger partial charge in [0.25, 0.3) is 0 Å². The zero-order valence-corrected chi connectivity index (χ0v) is 11.5. The van der Waals surface area contributed by atoms with E-state index in [1.165, 1.54) is 12.8 Å². The molecule has 3 nitrogen and oxygen atoms in total. The number of carbonyl (C=O) groups is 1. The van der Waals surface area contributed by atoms with Gasteiger partial charge >= 0.3 is 0 Å². The molecule has 2 saturated carbocycles. The van der Waals surface area contributed by atoms with Gasteiger partial charge in [-0.1, -0.05) is 12.8 Å². The number of hydrogen-bond acceptors (Lipinski definition) is 3. The van der Waals surface area contributed by atoms with Crippen molar-refractivity contribution in [3.05, 3.63) is 0 Å². The van der Waals surface area contributed by atoms with Crippen LogP contribution in [-0.4, -0.2) is 30.2 Å². The van der Waals surface area contributed by atoms with Crippen LogP contribution < -0.4 is 0 Å². The zero-order chi connectivity index (χ0) is 12.8. The fourth-order valence-corrected chi connectivity index (χ4v) is 4.09. The lowest BCUT2D eigenvalue weighted by molar-refractivity contribution is -0.186. The molecule has 0 bridgehead atoms. The van der Waals surface area contributed by atoms with Crippen LogP contribution in [0.25, 0.3) is 0 Å². The van der Waals surface area contributed by atoms with Crippen LogP contribution in [0.1, 0.15) is 58.8 Å². The van der Waals surface area contributed by atoms with Gasteiger partial charge in [0.15, 0.2) is 0 Å². The molecular formula is C15H24O3. The zero-order valence-electron chi connectivity index (χ0n) is 11.5. The van der Waals surface area contributed by atoms with Gasteiger partial charge in [0.1, 0.15) is 5.78 Å². The first-order chi connectivity index (χ1) is 8.60. The van der Waals surface area contributed by atoms with Crippen molar-refractivity contribution in [1.82, 2.24) is 0 Å². The van der Waals surface area contributed by atoms with E-state index in [1.54, 1.807) is 0 Å². The van der Waals surface area contributed by atoms with E-state index in [0.717, 1.165) is 25.7 Å². The molecule has 3 rings (SSSR count). The predicted molar refractivity (Wildman–Crippen MR) is 68.4 cm³/mol. The van der Waals surface area contributed by atoms with Gasteiger partial charge in [0.2, 0.25) is 0 Å². The fraction of sp³-hybridized carbons (Fsp3) is 0.933. The summed E-state index contributed by atoms with van der Waals surface area (Å²) >= 11 is 0. The van der Waals surface area contributed by atoms with E-state index in [1.807, 2.05) is 0 Å². The molecule has 102 valence electrons. The Morgan fingerprint density at radius 2 is 1.78 bits per heavy atom. The van der Waals surface area contributed by atoms with E-state index in [4.69, 9.17) is 9.47 Å². The van der Waals surface area contributed by atoms with Crippen molar-refractivity contribution in [2.75, 3.05) is 0 Å². The Kier molecular flexibility index (Phi) is 3.23. The van der Waals surface area contributed by atoms with Crippen molar-refractivity contribution in [2.24, 2.45) is 5.41 Å². The molecule has 0 aromatic heterocycles. The molecule has 0 amide bonds. The lowest BCUT2D eigenvalue weighted by Gasteiger charge is -2.47. The average molecular weight is 252 g/mol. The number of carbonyl (C=O) groups excluding carboxylic acids is 1. The molecule has 1 aliphatic heterocycles.